The first-order chi connectivity index (χ1) is 9.87. The summed E-state index contributed by atoms with van der Waals surface area (Å²) in [7, 11) is -3.80. The topological polar surface area (TPSA) is 71.3 Å². The molecule has 0 aliphatic carbocycles. The van der Waals surface area contributed by atoms with Gasteiger partial charge in [0, 0.05) is 22.9 Å². The number of rotatable bonds is 5. The monoisotopic (exact) mass is 376 g/mol. The van der Waals surface area contributed by atoms with Crippen LogP contribution in [-0.2, 0) is 23.2 Å². The quantitative estimate of drug-likeness (QED) is 0.842. The summed E-state index contributed by atoms with van der Waals surface area (Å²) in [4.78, 5) is 0.0459. The highest BCUT2D eigenvalue weighted by Crippen LogP contribution is 2.26. The number of aliphatic hydroxyl groups is 1. The van der Waals surface area contributed by atoms with Crippen molar-refractivity contribution in [2.45, 2.75) is 25.0 Å². The Balaban J connectivity index is 2.36. The molecule has 0 radical (unpaired) electrons. The molecular weight excluding hydrogens is 363 g/mol. The van der Waals surface area contributed by atoms with E-state index in [1.165, 1.54) is 30.5 Å². The van der Waals surface area contributed by atoms with E-state index in [1.807, 2.05) is 6.92 Å². The van der Waals surface area contributed by atoms with Gasteiger partial charge in [-0.25, -0.2) is 12.8 Å². The van der Waals surface area contributed by atoms with Gasteiger partial charge in [-0.2, -0.15) is 0 Å². The van der Waals surface area contributed by atoms with Crippen molar-refractivity contribution >= 4 is 31.6 Å². The Morgan fingerprint density at radius 2 is 2.10 bits per heavy atom. The maximum atomic E-state index is 13.0. The molecule has 0 amide bonds. The lowest BCUT2D eigenvalue weighted by atomic mass is 10.3. The fourth-order valence-electron chi connectivity index (χ4n) is 1.87. The summed E-state index contributed by atoms with van der Waals surface area (Å²) in [6, 6.07) is 5.08. The second-order valence-electron chi connectivity index (χ2n) is 4.34. The molecule has 8 heteroatoms. The van der Waals surface area contributed by atoms with Crippen molar-refractivity contribution in [1.82, 2.24) is 4.57 Å². The van der Waals surface area contributed by atoms with Gasteiger partial charge in [-0.1, -0.05) is 0 Å². The average molecular weight is 377 g/mol. The molecule has 2 N–H and O–H groups in total. The Kier molecular flexibility index (Phi) is 4.70. The van der Waals surface area contributed by atoms with E-state index in [-0.39, 0.29) is 17.2 Å². The van der Waals surface area contributed by atoms with Crippen LogP contribution in [0.3, 0.4) is 0 Å². The molecule has 0 saturated heterocycles. The summed E-state index contributed by atoms with van der Waals surface area (Å²) in [6.07, 6.45) is 1.45. The number of hydrogen-bond acceptors (Lipinski definition) is 3. The summed E-state index contributed by atoms with van der Waals surface area (Å²) in [6.45, 7) is 2.15. The molecule has 0 atom stereocenters. The van der Waals surface area contributed by atoms with E-state index in [0.29, 0.717) is 16.7 Å². The van der Waals surface area contributed by atoms with E-state index in [4.69, 9.17) is 0 Å². The Morgan fingerprint density at radius 3 is 2.62 bits per heavy atom. The zero-order chi connectivity index (χ0) is 15.6. The van der Waals surface area contributed by atoms with Gasteiger partial charge < -0.3 is 9.67 Å². The predicted octanol–water partition coefficient (Wildman–Crippen LogP) is 2.70. The molecule has 1 aromatic carbocycles. The lowest BCUT2D eigenvalue weighted by molar-refractivity contribution is 0.271. The van der Waals surface area contributed by atoms with Crippen LogP contribution < -0.4 is 4.72 Å². The third kappa shape index (κ3) is 3.45. The number of nitrogens with zero attached hydrogens (tertiary/aromatic N) is 1. The van der Waals surface area contributed by atoms with Crippen molar-refractivity contribution in [1.29, 1.82) is 0 Å². The van der Waals surface area contributed by atoms with Crippen LogP contribution in [0.4, 0.5) is 10.1 Å². The molecule has 0 aliphatic rings. The molecule has 21 heavy (non-hydrogen) atoms. The maximum absolute atomic E-state index is 13.0. The molecule has 2 rings (SSSR count). The van der Waals surface area contributed by atoms with Crippen molar-refractivity contribution in [3.8, 4) is 0 Å². The summed E-state index contributed by atoms with van der Waals surface area (Å²) >= 11 is 3.11. The summed E-state index contributed by atoms with van der Waals surface area (Å²) < 4.78 is 42.0. The van der Waals surface area contributed by atoms with E-state index in [0.717, 1.165) is 0 Å². The van der Waals surface area contributed by atoms with Gasteiger partial charge >= 0.3 is 0 Å². The number of sulfonamides is 1. The number of anilines is 1. The zero-order valence-corrected chi connectivity index (χ0v) is 13.6. The van der Waals surface area contributed by atoms with E-state index in [9.17, 15) is 17.9 Å². The molecular formula is C13H14BrFN2O3S. The highest BCUT2D eigenvalue weighted by atomic mass is 79.9. The Labute approximate surface area is 130 Å². The number of nitrogens with one attached hydrogen (secondary N) is 1. The molecule has 0 fully saturated rings. The number of aliphatic hydroxyl groups excluding tert-OH is 1. The second kappa shape index (κ2) is 6.17. The van der Waals surface area contributed by atoms with Crippen LogP contribution in [-0.4, -0.2) is 18.1 Å². The fraction of sp³-hybridized carbons (Fsp3) is 0.231. The highest BCUT2D eigenvalue weighted by molar-refractivity contribution is 9.10. The first-order valence-electron chi connectivity index (χ1n) is 6.15. The van der Waals surface area contributed by atoms with Gasteiger partial charge in [0.25, 0.3) is 10.0 Å². The molecule has 0 spiro atoms. The summed E-state index contributed by atoms with van der Waals surface area (Å²) in [5.41, 5.74) is 0.752. The Bertz CT molecular complexity index is 737. The van der Waals surface area contributed by atoms with Gasteiger partial charge in [0.1, 0.15) is 10.7 Å². The third-order valence-electron chi connectivity index (χ3n) is 2.95. The Morgan fingerprint density at radius 1 is 1.38 bits per heavy atom. The molecule has 1 aromatic heterocycles. The van der Waals surface area contributed by atoms with E-state index >= 15 is 0 Å². The fourth-order valence-corrected chi connectivity index (χ4v) is 3.60. The van der Waals surface area contributed by atoms with E-state index < -0.39 is 15.8 Å². The van der Waals surface area contributed by atoms with E-state index in [2.05, 4.69) is 20.7 Å². The zero-order valence-electron chi connectivity index (χ0n) is 11.2. The predicted molar refractivity (Wildman–Crippen MR) is 80.9 cm³/mol. The third-order valence-corrected chi connectivity index (χ3v) is 4.94. The van der Waals surface area contributed by atoms with E-state index in [1.54, 1.807) is 4.57 Å². The first kappa shape index (κ1) is 16.0. The van der Waals surface area contributed by atoms with Gasteiger partial charge in [-0.05, 0) is 47.1 Å². The lowest BCUT2D eigenvalue weighted by Crippen LogP contribution is -2.12. The van der Waals surface area contributed by atoms with Crippen LogP contribution in [0.2, 0.25) is 0 Å². The van der Waals surface area contributed by atoms with Crippen molar-refractivity contribution < 1.29 is 17.9 Å². The number of benzene rings is 1. The summed E-state index contributed by atoms with van der Waals surface area (Å²) in [5.74, 6) is -0.468. The number of hydrogen-bond donors (Lipinski definition) is 2. The van der Waals surface area contributed by atoms with Gasteiger partial charge in [0.2, 0.25) is 0 Å². The smallest absolute Gasteiger partial charge is 0.263 e. The van der Waals surface area contributed by atoms with Crippen molar-refractivity contribution in [3.63, 3.8) is 0 Å². The lowest BCUT2D eigenvalue weighted by Gasteiger charge is -2.08. The highest BCUT2D eigenvalue weighted by Gasteiger charge is 2.19. The van der Waals surface area contributed by atoms with Crippen molar-refractivity contribution in [3.05, 3.63) is 46.4 Å². The molecule has 0 bridgehead atoms. The maximum Gasteiger partial charge on any atom is 0.263 e. The van der Waals surface area contributed by atoms with Crippen LogP contribution in [0.1, 0.15) is 12.6 Å². The minimum absolute atomic E-state index is 0.0459. The first-order valence-corrected chi connectivity index (χ1v) is 8.42. The van der Waals surface area contributed by atoms with Crippen molar-refractivity contribution in [2.24, 2.45) is 0 Å². The second-order valence-corrected chi connectivity index (χ2v) is 6.88. The average Bonchev–Trinajstić information content (AvgIpc) is 2.86. The van der Waals surface area contributed by atoms with Gasteiger partial charge in [0.15, 0.2) is 0 Å². The molecule has 2 aromatic rings. The SMILES string of the molecule is CCn1cc(S(=O)(=O)Nc2ccc(F)cc2Br)cc1CO. The van der Waals surface area contributed by atoms with Crippen LogP contribution in [0.5, 0.6) is 0 Å². The van der Waals surface area contributed by atoms with Gasteiger partial charge in [-0.15, -0.1) is 0 Å². The molecule has 0 aliphatic heterocycles. The van der Waals surface area contributed by atoms with Crippen molar-refractivity contribution in [2.75, 3.05) is 4.72 Å². The number of aromatic nitrogens is 1. The van der Waals surface area contributed by atoms with Gasteiger partial charge in [-0.3, -0.25) is 4.72 Å². The molecule has 0 unspecified atom stereocenters. The van der Waals surface area contributed by atoms with Gasteiger partial charge in [0.05, 0.1) is 12.3 Å². The minimum Gasteiger partial charge on any atom is -0.390 e. The van der Waals surface area contributed by atoms with Crippen LogP contribution in [0, 0.1) is 5.82 Å². The van der Waals surface area contributed by atoms with Crippen LogP contribution >= 0.6 is 15.9 Å². The summed E-state index contributed by atoms with van der Waals surface area (Å²) in [5, 5.41) is 9.21. The number of halogens is 2. The molecule has 0 saturated carbocycles. The normalized spacial score (nSPS) is 11.6. The largest absolute Gasteiger partial charge is 0.390 e. The molecule has 5 nitrogen and oxygen atoms in total. The molecule has 1 heterocycles. The number of aryl methyl sites for hydroxylation is 1. The molecule has 114 valence electrons. The standard InChI is InChI=1S/C13H14BrFN2O3S/c1-2-17-7-11(6-10(17)8-18)21(19,20)16-13-4-3-9(15)5-12(13)14/h3-7,16,18H,2,8H2,1H3. The minimum atomic E-state index is -3.80. The Hall–Kier alpha value is -1.38. The van der Waals surface area contributed by atoms with Crippen LogP contribution in [0.25, 0.3) is 0 Å². The van der Waals surface area contributed by atoms with Crippen LogP contribution in [0.15, 0.2) is 39.8 Å².